The Bertz CT molecular complexity index is 635. The molecule has 1 heterocycles. The molecule has 0 radical (unpaired) electrons. The molecular formula is C20H37N6O2+. The van der Waals surface area contributed by atoms with Gasteiger partial charge in [0.2, 0.25) is 0 Å². The van der Waals surface area contributed by atoms with Crippen molar-refractivity contribution in [2.45, 2.75) is 20.3 Å². The molecule has 1 aromatic carbocycles. The van der Waals surface area contributed by atoms with Gasteiger partial charge in [-0.05, 0) is 39.4 Å². The number of hydrogen-bond donors (Lipinski definition) is 2. The van der Waals surface area contributed by atoms with Crippen LogP contribution >= 0.6 is 0 Å². The lowest BCUT2D eigenvalue weighted by Crippen LogP contribution is -2.46. The summed E-state index contributed by atoms with van der Waals surface area (Å²) in [6.45, 7) is 13.3. The summed E-state index contributed by atoms with van der Waals surface area (Å²) in [4.78, 5) is 15.8. The van der Waals surface area contributed by atoms with E-state index in [-0.39, 0.29) is 10.6 Å². The van der Waals surface area contributed by atoms with Gasteiger partial charge in [0, 0.05) is 37.9 Å². The zero-order chi connectivity index (χ0) is 20.6. The molecule has 1 saturated heterocycles. The molecule has 1 fully saturated rings. The Labute approximate surface area is 169 Å². The summed E-state index contributed by atoms with van der Waals surface area (Å²) in [5.41, 5.74) is 1.65. The number of nitro groups is 1. The van der Waals surface area contributed by atoms with Gasteiger partial charge in [-0.3, -0.25) is 19.9 Å². The number of nitrogens with zero attached hydrogens (tertiary/aromatic N) is 4. The van der Waals surface area contributed by atoms with Gasteiger partial charge in [0.05, 0.1) is 44.8 Å². The first-order valence-corrected chi connectivity index (χ1v) is 10.4. The largest absolute Gasteiger partial charge is 0.385 e. The van der Waals surface area contributed by atoms with E-state index in [0.29, 0.717) is 12.2 Å². The zero-order valence-corrected chi connectivity index (χ0v) is 17.9. The van der Waals surface area contributed by atoms with E-state index in [0.717, 1.165) is 69.1 Å². The first-order chi connectivity index (χ1) is 13.4. The Balaban J connectivity index is 1.87. The summed E-state index contributed by atoms with van der Waals surface area (Å²) in [7, 11) is 4.36. The van der Waals surface area contributed by atoms with Crippen LogP contribution in [0.5, 0.6) is 0 Å². The molecule has 1 aromatic rings. The molecule has 0 unspecified atom stereocenters. The van der Waals surface area contributed by atoms with Crippen molar-refractivity contribution in [1.82, 2.24) is 9.80 Å². The van der Waals surface area contributed by atoms with E-state index in [1.807, 2.05) is 6.07 Å². The summed E-state index contributed by atoms with van der Waals surface area (Å²) >= 11 is 0. The van der Waals surface area contributed by atoms with Gasteiger partial charge in [-0.15, -0.1) is 0 Å². The summed E-state index contributed by atoms with van der Waals surface area (Å²) in [6, 6.07) is 5.25. The van der Waals surface area contributed by atoms with Crippen molar-refractivity contribution in [2.24, 2.45) is 0 Å². The predicted octanol–water partition coefficient (Wildman–Crippen LogP) is 2.50. The quantitative estimate of drug-likeness (QED) is 0.246. The molecule has 0 atom stereocenters. The van der Waals surface area contributed by atoms with Crippen LogP contribution in [0.3, 0.4) is 0 Å². The van der Waals surface area contributed by atoms with Gasteiger partial charge in [0.25, 0.3) is 5.69 Å². The van der Waals surface area contributed by atoms with Crippen molar-refractivity contribution in [3.63, 3.8) is 0 Å². The molecule has 8 nitrogen and oxygen atoms in total. The molecule has 28 heavy (non-hydrogen) atoms. The van der Waals surface area contributed by atoms with Crippen LogP contribution in [0.15, 0.2) is 18.2 Å². The van der Waals surface area contributed by atoms with Gasteiger partial charge in [0.1, 0.15) is 5.69 Å². The normalized spacial score (nSPS) is 15.7. The van der Waals surface area contributed by atoms with Crippen LogP contribution < -0.4 is 10.6 Å². The fourth-order valence-electron chi connectivity index (χ4n) is 3.46. The number of hydrogen-bond acceptors (Lipinski definition) is 6. The summed E-state index contributed by atoms with van der Waals surface area (Å²) in [5.74, 6) is 0. The van der Waals surface area contributed by atoms with Crippen LogP contribution in [-0.2, 0) is 0 Å². The third-order valence-corrected chi connectivity index (χ3v) is 5.91. The zero-order valence-electron chi connectivity index (χ0n) is 17.9. The van der Waals surface area contributed by atoms with Gasteiger partial charge in [-0.1, -0.05) is 0 Å². The smallest absolute Gasteiger partial charge is 0.292 e. The average molecular weight is 394 g/mol. The third-order valence-electron chi connectivity index (χ3n) is 5.91. The second kappa shape index (κ2) is 10.6. The van der Waals surface area contributed by atoms with Gasteiger partial charge in [0.15, 0.2) is 0 Å². The maximum absolute atomic E-state index is 11.4. The van der Waals surface area contributed by atoms with E-state index < -0.39 is 0 Å². The lowest BCUT2D eigenvalue weighted by molar-refractivity contribution is -0.904. The van der Waals surface area contributed by atoms with Crippen LogP contribution in [0.4, 0.5) is 17.1 Å². The molecule has 2 rings (SSSR count). The molecule has 2 N–H and O–H groups in total. The van der Waals surface area contributed by atoms with E-state index in [9.17, 15) is 10.1 Å². The van der Waals surface area contributed by atoms with Gasteiger partial charge < -0.3 is 15.1 Å². The summed E-state index contributed by atoms with van der Waals surface area (Å²) in [5, 5.41) is 18.1. The lowest BCUT2D eigenvalue weighted by Gasteiger charge is -2.32. The highest BCUT2D eigenvalue weighted by molar-refractivity contribution is 5.68. The standard InChI is InChI=1S/C20H37N6O2/c1-5-26(4,6-2)15-11-22-19-16-18(8-9-20(19)25(27)28)21-10-7-12-24-14-13-23(3)17-24/h8-9,16,21-22H,5-7,10-15,17H2,1-4H3/q+1. The summed E-state index contributed by atoms with van der Waals surface area (Å²) in [6.07, 6.45) is 1.05. The van der Waals surface area contributed by atoms with E-state index >= 15 is 0 Å². The van der Waals surface area contributed by atoms with Gasteiger partial charge in [-0.25, -0.2) is 0 Å². The molecule has 1 aliphatic rings. The fourth-order valence-corrected chi connectivity index (χ4v) is 3.46. The molecule has 158 valence electrons. The SMILES string of the molecule is CC[N+](C)(CC)CCNc1cc(NCCCN2CCN(C)C2)ccc1[N+](=O)[O-]. The van der Waals surface area contributed by atoms with Gasteiger partial charge in [-0.2, -0.15) is 0 Å². The molecule has 0 aliphatic carbocycles. The highest BCUT2D eigenvalue weighted by Gasteiger charge is 2.18. The molecule has 0 amide bonds. The van der Waals surface area contributed by atoms with Crippen molar-refractivity contribution in [2.75, 3.05) is 83.8 Å². The summed E-state index contributed by atoms with van der Waals surface area (Å²) < 4.78 is 0.949. The number of rotatable bonds is 12. The number of benzene rings is 1. The lowest BCUT2D eigenvalue weighted by atomic mass is 10.2. The van der Waals surface area contributed by atoms with E-state index in [2.05, 4.69) is 48.4 Å². The fraction of sp³-hybridized carbons (Fsp3) is 0.700. The maximum Gasteiger partial charge on any atom is 0.292 e. The van der Waals surface area contributed by atoms with Crippen LogP contribution in [0.25, 0.3) is 0 Å². The van der Waals surface area contributed by atoms with Crippen molar-refractivity contribution in [3.8, 4) is 0 Å². The number of quaternary nitrogens is 1. The van der Waals surface area contributed by atoms with Crippen molar-refractivity contribution in [1.29, 1.82) is 0 Å². The number of nitro benzene ring substituents is 1. The second-order valence-corrected chi connectivity index (χ2v) is 8.01. The highest BCUT2D eigenvalue weighted by Crippen LogP contribution is 2.27. The van der Waals surface area contributed by atoms with Crippen molar-refractivity contribution in [3.05, 3.63) is 28.3 Å². The Morgan fingerprint density at radius 3 is 2.54 bits per heavy atom. The molecule has 0 spiro atoms. The minimum atomic E-state index is -0.316. The van der Waals surface area contributed by atoms with E-state index in [4.69, 9.17) is 0 Å². The van der Waals surface area contributed by atoms with Crippen LogP contribution in [0.2, 0.25) is 0 Å². The molecule has 8 heteroatoms. The topological polar surface area (TPSA) is 73.7 Å². The molecular weight excluding hydrogens is 356 g/mol. The van der Waals surface area contributed by atoms with Crippen LogP contribution in [0.1, 0.15) is 20.3 Å². The van der Waals surface area contributed by atoms with Crippen molar-refractivity contribution >= 4 is 17.1 Å². The van der Waals surface area contributed by atoms with E-state index in [1.54, 1.807) is 12.1 Å². The Morgan fingerprint density at radius 2 is 1.93 bits per heavy atom. The molecule has 0 saturated carbocycles. The van der Waals surface area contributed by atoms with E-state index in [1.165, 1.54) is 0 Å². The minimum absolute atomic E-state index is 0.132. The number of nitrogens with one attached hydrogen (secondary N) is 2. The Hall–Kier alpha value is -1.90. The maximum atomic E-state index is 11.4. The Morgan fingerprint density at radius 1 is 1.18 bits per heavy atom. The molecule has 1 aliphatic heterocycles. The van der Waals surface area contributed by atoms with Gasteiger partial charge >= 0.3 is 0 Å². The average Bonchev–Trinajstić information content (AvgIpc) is 3.10. The third kappa shape index (κ3) is 6.61. The van der Waals surface area contributed by atoms with Crippen LogP contribution in [-0.4, -0.2) is 92.3 Å². The predicted molar refractivity (Wildman–Crippen MR) is 116 cm³/mol. The first-order valence-electron chi connectivity index (χ1n) is 10.4. The Kier molecular flexibility index (Phi) is 8.47. The highest BCUT2D eigenvalue weighted by atomic mass is 16.6. The second-order valence-electron chi connectivity index (χ2n) is 8.01. The molecule has 0 bridgehead atoms. The minimum Gasteiger partial charge on any atom is -0.385 e. The van der Waals surface area contributed by atoms with Crippen molar-refractivity contribution < 1.29 is 9.41 Å². The number of likely N-dealkylation sites (N-methyl/N-ethyl adjacent to an activating group) is 2. The monoisotopic (exact) mass is 393 g/mol. The molecule has 0 aromatic heterocycles. The van der Waals surface area contributed by atoms with Crippen LogP contribution in [0, 0.1) is 10.1 Å². The number of anilines is 2. The first kappa shape index (κ1) is 22.4.